The van der Waals surface area contributed by atoms with Gasteiger partial charge in [0.25, 0.3) is 0 Å². The summed E-state index contributed by atoms with van der Waals surface area (Å²) >= 11 is 5.33. The molecule has 1 aromatic rings. The maximum absolute atomic E-state index is 13.9. The van der Waals surface area contributed by atoms with E-state index >= 15 is 0 Å². The van der Waals surface area contributed by atoms with Gasteiger partial charge in [-0.05, 0) is 52.0 Å². The molecule has 3 aliphatic rings. The summed E-state index contributed by atoms with van der Waals surface area (Å²) in [6.45, 7) is 7.55. The third kappa shape index (κ3) is 4.37. The highest BCUT2D eigenvalue weighted by Gasteiger charge is 2.58. The molecule has 10 heteroatoms. The lowest BCUT2D eigenvalue weighted by atomic mass is 10.0. The molecule has 7 nitrogen and oxygen atoms in total. The van der Waals surface area contributed by atoms with Crippen LogP contribution in [-0.4, -0.2) is 53.9 Å². The minimum absolute atomic E-state index is 0.0694. The van der Waals surface area contributed by atoms with Gasteiger partial charge in [-0.1, -0.05) is 0 Å². The Hall–Kier alpha value is -1.43. The molecule has 0 bridgehead atoms. The van der Waals surface area contributed by atoms with Crippen molar-refractivity contribution in [2.45, 2.75) is 69.9 Å². The lowest BCUT2D eigenvalue weighted by Crippen LogP contribution is -2.53. The standard InChI is InChI=1S/C19H24F2N2O5S/c1-18(2)24-8-12(26-18)14-13(15-16(25-14)28-19(3,4)27-15)23-17(29)22-11-7-9(20)5-6-10(11)21/h5-7,12-16H,8H2,1-4H3,(H2,22,23,29)/t12?,13-,14-,15-,16-/m1/s1. The molecule has 3 aliphatic heterocycles. The van der Waals surface area contributed by atoms with Gasteiger partial charge in [-0.15, -0.1) is 0 Å². The Labute approximate surface area is 173 Å². The Morgan fingerprint density at radius 1 is 1.07 bits per heavy atom. The fraction of sp³-hybridized carbons (Fsp3) is 0.632. The average Bonchev–Trinajstić information content (AvgIpc) is 3.21. The molecule has 0 radical (unpaired) electrons. The van der Waals surface area contributed by atoms with E-state index in [2.05, 4.69) is 10.6 Å². The maximum atomic E-state index is 13.9. The van der Waals surface area contributed by atoms with Gasteiger partial charge < -0.3 is 34.3 Å². The summed E-state index contributed by atoms with van der Waals surface area (Å²) in [7, 11) is 0. The maximum Gasteiger partial charge on any atom is 0.189 e. The first-order valence-electron chi connectivity index (χ1n) is 9.38. The van der Waals surface area contributed by atoms with E-state index in [-0.39, 0.29) is 16.9 Å². The van der Waals surface area contributed by atoms with E-state index in [4.69, 9.17) is 35.9 Å². The van der Waals surface area contributed by atoms with Gasteiger partial charge in [0, 0.05) is 6.07 Å². The molecule has 0 amide bonds. The van der Waals surface area contributed by atoms with Gasteiger partial charge in [0.05, 0.1) is 18.3 Å². The van der Waals surface area contributed by atoms with Crippen molar-refractivity contribution >= 4 is 23.0 Å². The van der Waals surface area contributed by atoms with Crippen LogP contribution in [-0.2, 0) is 23.7 Å². The van der Waals surface area contributed by atoms with E-state index in [1.165, 1.54) is 0 Å². The summed E-state index contributed by atoms with van der Waals surface area (Å²) < 4.78 is 56.9. The van der Waals surface area contributed by atoms with Crippen molar-refractivity contribution in [1.82, 2.24) is 5.32 Å². The van der Waals surface area contributed by atoms with Crippen LogP contribution in [0.2, 0.25) is 0 Å². The Kier molecular flexibility index (Phi) is 5.29. The molecule has 1 unspecified atom stereocenters. The van der Waals surface area contributed by atoms with Crippen molar-refractivity contribution in [3.63, 3.8) is 0 Å². The SMILES string of the molecule is CC1(C)OCC([C@H]2O[C@@H]3OC(C)(C)O[C@@H]3[C@@H]2NC(=S)Nc2cc(F)ccc2F)O1. The van der Waals surface area contributed by atoms with E-state index in [0.29, 0.717) is 6.61 Å². The number of anilines is 1. The van der Waals surface area contributed by atoms with Crippen molar-refractivity contribution in [2.75, 3.05) is 11.9 Å². The summed E-state index contributed by atoms with van der Waals surface area (Å²) in [5.41, 5.74) is -0.0694. The Balaban J connectivity index is 1.51. The molecule has 0 saturated carbocycles. The van der Waals surface area contributed by atoms with E-state index in [0.717, 1.165) is 18.2 Å². The van der Waals surface area contributed by atoms with E-state index < -0.39 is 47.7 Å². The number of thiocarbonyl (C=S) groups is 1. The number of nitrogens with one attached hydrogen (secondary N) is 2. The number of ether oxygens (including phenoxy) is 5. The van der Waals surface area contributed by atoms with Gasteiger partial charge in [0.15, 0.2) is 23.0 Å². The molecule has 3 saturated heterocycles. The molecule has 1 aromatic carbocycles. The van der Waals surface area contributed by atoms with Gasteiger partial charge in [-0.25, -0.2) is 8.78 Å². The lowest BCUT2D eigenvalue weighted by molar-refractivity contribution is -0.223. The van der Waals surface area contributed by atoms with Crippen LogP contribution in [0.25, 0.3) is 0 Å². The predicted molar refractivity (Wildman–Crippen MR) is 103 cm³/mol. The number of benzene rings is 1. The largest absolute Gasteiger partial charge is 0.354 e. The number of hydrogen-bond donors (Lipinski definition) is 2. The minimum Gasteiger partial charge on any atom is -0.354 e. The molecule has 3 fully saturated rings. The molecule has 160 valence electrons. The molecule has 0 aliphatic carbocycles. The van der Waals surface area contributed by atoms with Crippen LogP contribution in [0.5, 0.6) is 0 Å². The molecule has 0 spiro atoms. The second kappa shape index (κ2) is 7.36. The number of fused-ring (bicyclic) bond motifs is 1. The van der Waals surface area contributed by atoms with E-state index in [1.807, 2.05) is 13.8 Å². The third-order valence-electron chi connectivity index (χ3n) is 4.96. The van der Waals surface area contributed by atoms with E-state index in [9.17, 15) is 8.78 Å². The number of rotatable bonds is 3. The minimum atomic E-state index is -0.823. The summed E-state index contributed by atoms with van der Waals surface area (Å²) in [6, 6.07) is 2.64. The topological polar surface area (TPSA) is 70.2 Å². The molecular weight excluding hydrogens is 406 g/mol. The summed E-state index contributed by atoms with van der Waals surface area (Å²) in [4.78, 5) is 0. The summed E-state index contributed by atoms with van der Waals surface area (Å²) in [5, 5.41) is 5.89. The highest BCUT2D eigenvalue weighted by atomic mass is 32.1. The second-order valence-electron chi connectivity index (χ2n) is 8.18. The molecule has 0 aromatic heterocycles. The van der Waals surface area contributed by atoms with Crippen molar-refractivity contribution in [3.05, 3.63) is 29.8 Å². The molecular formula is C19H24F2N2O5S. The highest BCUT2D eigenvalue weighted by molar-refractivity contribution is 7.80. The van der Waals surface area contributed by atoms with E-state index in [1.54, 1.807) is 13.8 Å². The zero-order valence-electron chi connectivity index (χ0n) is 16.5. The summed E-state index contributed by atoms with van der Waals surface area (Å²) in [6.07, 6.45) is -1.95. The second-order valence-corrected chi connectivity index (χ2v) is 8.59. The van der Waals surface area contributed by atoms with Crippen LogP contribution in [0.4, 0.5) is 14.5 Å². The van der Waals surface area contributed by atoms with Crippen LogP contribution in [0, 0.1) is 11.6 Å². The quantitative estimate of drug-likeness (QED) is 0.710. The smallest absolute Gasteiger partial charge is 0.189 e. The van der Waals surface area contributed by atoms with Crippen LogP contribution in [0.3, 0.4) is 0 Å². The fourth-order valence-corrected chi connectivity index (χ4v) is 4.04. The fourth-order valence-electron chi connectivity index (χ4n) is 3.80. The lowest BCUT2D eigenvalue weighted by Gasteiger charge is -2.30. The van der Waals surface area contributed by atoms with Crippen LogP contribution in [0.15, 0.2) is 18.2 Å². The van der Waals surface area contributed by atoms with Crippen LogP contribution >= 0.6 is 12.2 Å². The summed E-state index contributed by atoms with van der Waals surface area (Å²) in [5.74, 6) is -2.76. The van der Waals surface area contributed by atoms with Crippen molar-refractivity contribution < 1.29 is 32.5 Å². The first kappa shape index (κ1) is 20.8. The zero-order valence-corrected chi connectivity index (χ0v) is 17.3. The molecule has 4 rings (SSSR count). The Morgan fingerprint density at radius 2 is 1.83 bits per heavy atom. The first-order valence-corrected chi connectivity index (χ1v) is 9.79. The molecule has 29 heavy (non-hydrogen) atoms. The normalized spacial score (nSPS) is 34.8. The molecule has 2 N–H and O–H groups in total. The van der Waals surface area contributed by atoms with Gasteiger partial charge in [-0.3, -0.25) is 0 Å². The van der Waals surface area contributed by atoms with Crippen molar-refractivity contribution in [3.8, 4) is 0 Å². The van der Waals surface area contributed by atoms with Gasteiger partial charge >= 0.3 is 0 Å². The zero-order chi connectivity index (χ0) is 21.0. The van der Waals surface area contributed by atoms with Gasteiger partial charge in [0.2, 0.25) is 0 Å². The Morgan fingerprint density at radius 3 is 2.52 bits per heavy atom. The average molecular weight is 430 g/mol. The third-order valence-corrected chi connectivity index (χ3v) is 5.18. The van der Waals surface area contributed by atoms with Crippen LogP contribution < -0.4 is 10.6 Å². The first-order chi connectivity index (χ1) is 13.5. The molecule has 5 atom stereocenters. The van der Waals surface area contributed by atoms with Gasteiger partial charge in [0.1, 0.15) is 29.9 Å². The Bertz CT molecular complexity index is 809. The predicted octanol–water partition coefficient (Wildman–Crippen LogP) is 2.65. The van der Waals surface area contributed by atoms with Crippen molar-refractivity contribution in [2.24, 2.45) is 0 Å². The van der Waals surface area contributed by atoms with Gasteiger partial charge in [-0.2, -0.15) is 0 Å². The molecule has 3 heterocycles. The van der Waals surface area contributed by atoms with Crippen molar-refractivity contribution in [1.29, 1.82) is 0 Å². The number of hydrogen-bond acceptors (Lipinski definition) is 6. The number of halogens is 2. The monoisotopic (exact) mass is 430 g/mol. The van der Waals surface area contributed by atoms with Crippen LogP contribution in [0.1, 0.15) is 27.7 Å². The highest BCUT2D eigenvalue weighted by Crippen LogP contribution is 2.40.